The maximum absolute atomic E-state index is 5.77. The normalized spacial score (nSPS) is 11.1. The Morgan fingerprint density at radius 1 is 1.22 bits per heavy atom. The number of nitrogens with zero attached hydrogens (tertiary/aromatic N) is 2. The molecular formula is C18H19N3OS. The summed E-state index contributed by atoms with van der Waals surface area (Å²) in [5.74, 6) is 0.850. The van der Waals surface area contributed by atoms with E-state index in [0.717, 1.165) is 28.3 Å². The van der Waals surface area contributed by atoms with Gasteiger partial charge in [0.05, 0.1) is 22.5 Å². The highest BCUT2D eigenvalue weighted by molar-refractivity contribution is 7.80. The standard InChI is InChI=1S/C18H19N3OS/c1-12(2)22-14-8-6-13(7-9-14)18-15(11-16(19)23)21-10-4-3-5-17(21)20-18/h3-10,12H,11H2,1-2H3,(H2,19,23). The van der Waals surface area contributed by atoms with Crippen molar-refractivity contribution in [3.05, 3.63) is 54.4 Å². The molecule has 0 fully saturated rings. The van der Waals surface area contributed by atoms with Gasteiger partial charge in [-0.25, -0.2) is 4.98 Å². The van der Waals surface area contributed by atoms with Crippen molar-refractivity contribution in [1.29, 1.82) is 0 Å². The van der Waals surface area contributed by atoms with Crippen LogP contribution in [0.1, 0.15) is 19.5 Å². The van der Waals surface area contributed by atoms with Gasteiger partial charge >= 0.3 is 0 Å². The van der Waals surface area contributed by atoms with E-state index in [1.54, 1.807) is 0 Å². The first-order valence-electron chi connectivity index (χ1n) is 7.56. The third kappa shape index (κ3) is 3.35. The van der Waals surface area contributed by atoms with E-state index < -0.39 is 0 Å². The van der Waals surface area contributed by atoms with E-state index in [-0.39, 0.29) is 6.10 Å². The fourth-order valence-corrected chi connectivity index (χ4v) is 2.71. The summed E-state index contributed by atoms with van der Waals surface area (Å²) in [6, 6.07) is 13.9. The molecule has 118 valence electrons. The Morgan fingerprint density at radius 2 is 1.96 bits per heavy atom. The third-order valence-corrected chi connectivity index (χ3v) is 3.61. The fraction of sp³-hybridized carbons (Fsp3) is 0.222. The highest BCUT2D eigenvalue weighted by Crippen LogP contribution is 2.27. The van der Waals surface area contributed by atoms with E-state index in [2.05, 4.69) is 0 Å². The smallest absolute Gasteiger partial charge is 0.137 e. The topological polar surface area (TPSA) is 52.5 Å². The van der Waals surface area contributed by atoms with Gasteiger partial charge in [-0.1, -0.05) is 18.3 Å². The fourth-order valence-electron chi connectivity index (χ4n) is 2.58. The number of ether oxygens (including phenoxy) is 1. The van der Waals surface area contributed by atoms with Crippen molar-refractivity contribution < 1.29 is 4.74 Å². The Labute approximate surface area is 140 Å². The van der Waals surface area contributed by atoms with Crippen molar-refractivity contribution in [2.45, 2.75) is 26.4 Å². The summed E-state index contributed by atoms with van der Waals surface area (Å²) in [6.45, 7) is 4.02. The summed E-state index contributed by atoms with van der Waals surface area (Å²) < 4.78 is 7.73. The second-order valence-corrected chi connectivity index (χ2v) is 6.19. The van der Waals surface area contributed by atoms with E-state index in [9.17, 15) is 0 Å². The largest absolute Gasteiger partial charge is 0.491 e. The second-order valence-electron chi connectivity index (χ2n) is 5.67. The highest BCUT2D eigenvalue weighted by atomic mass is 32.1. The van der Waals surface area contributed by atoms with Crippen LogP contribution in [0.3, 0.4) is 0 Å². The van der Waals surface area contributed by atoms with E-state index in [0.29, 0.717) is 11.4 Å². The van der Waals surface area contributed by atoms with Gasteiger partial charge in [0.1, 0.15) is 11.4 Å². The summed E-state index contributed by atoms with van der Waals surface area (Å²) >= 11 is 5.10. The monoisotopic (exact) mass is 325 g/mol. The van der Waals surface area contributed by atoms with E-state index in [1.165, 1.54) is 0 Å². The maximum Gasteiger partial charge on any atom is 0.137 e. The molecule has 0 amide bonds. The Morgan fingerprint density at radius 3 is 2.61 bits per heavy atom. The van der Waals surface area contributed by atoms with Gasteiger partial charge in [-0.15, -0.1) is 0 Å². The molecule has 0 saturated carbocycles. The van der Waals surface area contributed by atoms with Gasteiger partial charge < -0.3 is 14.9 Å². The van der Waals surface area contributed by atoms with E-state index in [1.807, 2.05) is 66.9 Å². The number of hydrogen-bond donors (Lipinski definition) is 1. The Hall–Kier alpha value is -2.40. The quantitative estimate of drug-likeness (QED) is 0.728. The van der Waals surface area contributed by atoms with Crippen molar-refractivity contribution in [2.24, 2.45) is 5.73 Å². The zero-order chi connectivity index (χ0) is 16.4. The molecule has 4 nitrogen and oxygen atoms in total. The predicted octanol–water partition coefficient (Wildman–Crippen LogP) is 3.62. The van der Waals surface area contributed by atoms with Crippen molar-refractivity contribution in [2.75, 3.05) is 0 Å². The van der Waals surface area contributed by atoms with Crippen molar-refractivity contribution in [1.82, 2.24) is 9.38 Å². The summed E-state index contributed by atoms with van der Waals surface area (Å²) in [7, 11) is 0. The molecule has 2 heterocycles. The SMILES string of the molecule is CC(C)Oc1ccc(-c2nc3ccccn3c2CC(N)=S)cc1. The Balaban J connectivity index is 2.06. The number of rotatable bonds is 5. The molecule has 0 spiro atoms. The predicted molar refractivity (Wildman–Crippen MR) is 96.9 cm³/mol. The summed E-state index contributed by atoms with van der Waals surface area (Å²) in [5.41, 5.74) is 9.59. The molecule has 0 aliphatic carbocycles. The molecule has 1 aromatic carbocycles. The van der Waals surface area contributed by atoms with Crippen LogP contribution in [-0.4, -0.2) is 20.5 Å². The number of fused-ring (bicyclic) bond motifs is 1. The summed E-state index contributed by atoms with van der Waals surface area (Å²) in [5, 5.41) is 0. The highest BCUT2D eigenvalue weighted by Gasteiger charge is 2.14. The molecule has 0 aliphatic heterocycles. The van der Waals surface area contributed by atoms with Crippen LogP contribution in [0.4, 0.5) is 0 Å². The number of thiocarbonyl (C=S) groups is 1. The number of hydrogen-bond acceptors (Lipinski definition) is 3. The molecule has 23 heavy (non-hydrogen) atoms. The maximum atomic E-state index is 5.77. The van der Waals surface area contributed by atoms with Crippen LogP contribution >= 0.6 is 12.2 Å². The zero-order valence-electron chi connectivity index (χ0n) is 13.2. The Bertz CT molecular complexity index is 837. The van der Waals surface area contributed by atoms with Crippen molar-refractivity contribution in [3.8, 4) is 17.0 Å². The van der Waals surface area contributed by atoms with Crippen molar-refractivity contribution >= 4 is 22.9 Å². The molecule has 0 saturated heterocycles. The average Bonchev–Trinajstić information content (AvgIpc) is 2.86. The second kappa shape index (κ2) is 6.38. The number of nitrogens with two attached hydrogens (primary N) is 1. The van der Waals surface area contributed by atoms with Crippen molar-refractivity contribution in [3.63, 3.8) is 0 Å². The lowest BCUT2D eigenvalue weighted by Gasteiger charge is -2.10. The molecule has 2 aromatic heterocycles. The lowest BCUT2D eigenvalue weighted by molar-refractivity contribution is 0.242. The molecule has 5 heteroatoms. The average molecular weight is 325 g/mol. The number of benzene rings is 1. The van der Waals surface area contributed by atoms with E-state index in [4.69, 9.17) is 27.7 Å². The molecule has 0 bridgehead atoms. The van der Waals surface area contributed by atoms with Gasteiger partial charge in [-0.2, -0.15) is 0 Å². The molecule has 3 rings (SSSR count). The van der Waals surface area contributed by atoms with E-state index >= 15 is 0 Å². The van der Waals surface area contributed by atoms with Crippen LogP contribution in [0.15, 0.2) is 48.7 Å². The molecule has 0 radical (unpaired) electrons. The van der Waals surface area contributed by atoms with Gasteiger partial charge in [0.25, 0.3) is 0 Å². The molecule has 3 aromatic rings. The van der Waals surface area contributed by atoms with Crippen LogP contribution in [0, 0.1) is 0 Å². The van der Waals surface area contributed by atoms with Crippen LogP contribution in [-0.2, 0) is 6.42 Å². The minimum absolute atomic E-state index is 0.154. The van der Waals surface area contributed by atoms with Gasteiger partial charge in [-0.05, 0) is 50.2 Å². The minimum Gasteiger partial charge on any atom is -0.491 e. The summed E-state index contributed by atoms with van der Waals surface area (Å²) in [4.78, 5) is 5.19. The van der Waals surface area contributed by atoms with Gasteiger partial charge in [0.2, 0.25) is 0 Å². The summed E-state index contributed by atoms with van der Waals surface area (Å²) in [6.07, 6.45) is 2.65. The first kappa shape index (κ1) is 15.5. The van der Waals surface area contributed by atoms with Crippen LogP contribution < -0.4 is 10.5 Å². The number of imidazole rings is 1. The minimum atomic E-state index is 0.154. The lowest BCUT2D eigenvalue weighted by Crippen LogP contribution is -2.13. The molecule has 0 aliphatic rings. The Kier molecular flexibility index (Phi) is 4.30. The van der Waals surface area contributed by atoms with Gasteiger partial charge in [0, 0.05) is 18.2 Å². The zero-order valence-corrected chi connectivity index (χ0v) is 14.0. The lowest BCUT2D eigenvalue weighted by atomic mass is 10.1. The van der Waals surface area contributed by atoms with Gasteiger partial charge in [-0.3, -0.25) is 0 Å². The molecule has 0 unspecified atom stereocenters. The van der Waals surface area contributed by atoms with Crippen LogP contribution in [0.5, 0.6) is 5.75 Å². The number of aromatic nitrogens is 2. The molecule has 0 atom stereocenters. The molecular weight excluding hydrogens is 306 g/mol. The third-order valence-electron chi connectivity index (χ3n) is 3.47. The number of pyridine rings is 1. The first-order chi connectivity index (χ1) is 11.0. The molecule has 2 N–H and O–H groups in total. The van der Waals surface area contributed by atoms with Gasteiger partial charge in [0.15, 0.2) is 0 Å². The van der Waals surface area contributed by atoms with Crippen LogP contribution in [0.25, 0.3) is 16.9 Å². The van der Waals surface area contributed by atoms with Crippen LogP contribution in [0.2, 0.25) is 0 Å². The first-order valence-corrected chi connectivity index (χ1v) is 7.97.